The predicted octanol–water partition coefficient (Wildman–Crippen LogP) is 1.46. The lowest BCUT2D eigenvalue weighted by atomic mass is 10.0. The molecule has 0 aliphatic carbocycles. The normalized spacial score (nSPS) is 26.6. The van der Waals surface area contributed by atoms with Gasteiger partial charge in [-0.1, -0.05) is 6.92 Å². The lowest BCUT2D eigenvalue weighted by Crippen LogP contribution is -2.52. The van der Waals surface area contributed by atoms with Gasteiger partial charge in [0.05, 0.1) is 6.04 Å². The zero-order valence-electron chi connectivity index (χ0n) is 12.9. The summed E-state index contributed by atoms with van der Waals surface area (Å²) in [5.74, 6) is 1.28. The number of amides is 1. The maximum atomic E-state index is 12.6. The third kappa shape index (κ3) is 4.12. The maximum Gasteiger partial charge on any atom is 0.237 e. The van der Waals surface area contributed by atoms with E-state index in [1.807, 2.05) is 11.8 Å². The average molecular weight is 299 g/mol. The summed E-state index contributed by atoms with van der Waals surface area (Å²) < 4.78 is 0. The number of nitrogens with one attached hydrogen (secondary N) is 2. The zero-order valence-corrected chi connectivity index (χ0v) is 13.7. The van der Waals surface area contributed by atoms with Crippen LogP contribution in [0.4, 0.5) is 0 Å². The molecule has 0 bridgehead atoms. The molecule has 116 valence electrons. The van der Waals surface area contributed by atoms with E-state index in [1.54, 1.807) is 0 Å². The van der Waals surface area contributed by atoms with Crippen LogP contribution in [0, 0.1) is 0 Å². The topological polar surface area (TPSA) is 44.4 Å². The molecule has 2 aliphatic heterocycles. The molecule has 2 fully saturated rings. The highest BCUT2D eigenvalue weighted by atomic mass is 32.2. The summed E-state index contributed by atoms with van der Waals surface area (Å²) in [5.41, 5.74) is 0. The standard InChI is InChI=1S/C15H29N3OS/c1-3-12(11-20-2)17-15(19)14-5-4-10-18(14)13-6-8-16-9-7-13/h12-14,16H,3-11H2,1-2H3,(H,17,19). The van der Waals surface area contributed by atoms with Crippen LogP contribution in [0.5, 0.6) is 0 Å². The Morgan fingerprint density at radius 2 is 2.15 bits per heavy atom. The van der Waals surface area contributed by atoms with Crippen LogP contribution in [0.2, 0.25) is 0 Å². The van der Waals surface area contributed by atoms with Crippen molar-refractivity contribution in [2.24, 2.45) is 0 Å². The molecular formula is C15H29N3OS. The largest absolute Gasteiger partial charge is 0.351 e. The van der Waals surface area contributed by atoms with E-state index in [4.69, 9.17) is 0 Å². The van der Waals surface area contributed by atoms with E-state index in [0.29, 0.717) is 12.1 Å². The highest BCUT2D eigenvalue weighted by molar-refractivity contribution is 7.98. The number of hydrogen-bond donors (Lipinski definition) is 2. The first-order chi connectivity index (χ1) is 9.76. The number of hydrogen-bond acceptors (Lipinski definition) is 4. The van der Waals surface area contributed by atoms with Crippen LogP contribution < -0.4 is 10.6 Å². The van der Waals surface area contributed by atoms with Gasteiger partial charge in [-0.2, -0.15) is 11.8 Å². The van der Waals surface area contributed by atoms with Gasteiger partial charge in [-0.15, -0.1) is 0 Å². The van der Waals surface area contributed by atoms with Gasteiger partial charge in [0.2, 0.25) is 5.91 Å². The Balaban J connectivity index is 1.90. The number of thioether (sulfide) groups is 1. The molecular weight excluding hydrogens is 270 g/mol. The molecule has 0 radical (unpaired) electrons. The third-order valence-electron chi connectivity index (χ3n) is 4.58. The van der Waals surface area contributed by atoms with E-state index >= 15 is 0 Å². The fourth-order valence-electron chi connectivity index (χ4n) is 3.41. The summed E-state index contributed by atoms with van der Waals surface area (Å²) in [5, 5.41) is 6.67. The molecule has 2 N–H and O–H groups in total. The van der Waals surface area contributed by atoms with Crippen LogP contribution in [0.3, 0.4) is 0 Å². The molecule has 0 aromatic carbocycles. The first-order valence-corrected chi connectivity index (χ1v) is 9.41. The van der Waals surface area contributed by atoms with Gasteiger partial charge in [0.15, 0.2) is 0 Å². The molecule has 0 saturated carbocycles. The molecule has 2 aliphatic rings. The van der Waals surface area contributed by atoms with E-state index < -0.39 is 0 Å². The number of likely N-dealkylation sites (tertiary alicyclic amines) is 1. The summed E-state index contributed by atoms with van der Waals surface area (Å²) in [6.45, 7) is 5.45. The highest BCUT2D eigenvalue weighted by Gasteiger charge is 2.36. The van der Waals surface area contributed by atoms with Crippen molar-refractivity contribution in [3.63, 3.8) is 0 Å². The van der Waals surface area contributed by atoms with Crippen molar-refractivity contribution in [2.45, 2.75) is 57.2 Å². The predicted molar refractivity (Wildman–Crippen MR) is 86.2 cm³/mol. The minimum absolute atomic E-state index is 0.119. The molecule has 2 rings (SSSR count). The molecule has 1 amide bonds. The Kier molecular flexibility index (Phi) is 6.65. The second-order valence-corrected chi connectivity index (χ2v) is 6.86. The molecule has 4 nitrogen and oxygen atoms in total. The number of rotatable bonds is 6. The molecule has 20 heavy (non-hydrogen) atoms. The molecule has 2 heterocycles. The van der Waals surface area contributed by atoms with Crippen molar-refractivity contribution >= 4 is 17.7 Å². The van der Waals surface area contributed by atoms with Crippen LogP contribution >= 0.6 is 11.8 Å². The highest BCUT2D eigenvalue weighted by Crippen LogP contribution is 2.24. The number of carbonyl (C=O) groups excluding carboxylic acids is 1. The summed E-state index contributed by atoms with van der Waals surface area (Å²) in [4.78, 5) is 15.0. The van der Waals surface area contributed by atoms with Crippen molar-refractivity contribution in [3.05, 3.63) is 0 Å². The van der Waals surface area contributed by atoms with Gasteiger partial charge >= 0.3 is 0 Å². The average Bonchev–Trinajstić information content (AvgIpc) is 2.97. The van der Waals surface area contributed by atoms with Crippen molar-refractivity contribution < 1.29 is 4.79 Å². The molecule has 2 atom stereocenters. The molecule has 5 heteroatoms. The Morgan fingerprint density at radius 3 is 2.80 bits per heavy atom. The second kappa shape index (κ2) is 8.25. The van der Waals surface area contributed by atoms with E-state index in [-0.39, 0.29) is 11.9 Å². The SMILES string of the molecule is CCC(CSC)NC(=O)C1CCCN1C1CCNCC1. The van der Waals surface area contributed by atoms with Crippen molar-refractivity contribution in [1.29, 1.82) is 0 Å². The second-order valence-electron chi connectivity index (χ2n) is 5.95. The van der Waals surface area contributed by atoms with E-state index in [2.05, 4.69) is 28.7 Å². The molecule has 2 saturated heterocycles. The fourth-order valence-corrected chi connectivity index (χ4v) is 4.13. The molecule has 0 aromatic heterocycles. The Morgan fingerprint density at radius 1 is 1.40 bits per heavy atom. The summed E-state index contributed by atoms with van der Waals surface area (Å²) >= 11 is 1.81. The minimum Gasteiger partial charge on any atom is -0.351 e. The molecule has 0 spiro atoms. The van der Waals surface area contributed by atoms with Gasteiger partial charge in [0, 0.05) is 17.8 Å². The summed E-state index contributed by atoms with van der Waals surface area (Å²) in [6.07, 6.45) is 7.70. The number of nitrogens with zero attached hydrogens (tertiary/aromatic N) is 1. The van der Waals surface area contributed by atoms with Gasteiger partial charge in [-0.25, -0.2) is 0 Å². The van der Waals surface area contributed by atoms with E-state index in [1.165, 1.54) is 19.3 Å². The molecule has 0 aromatic rings. The van der Waals surface area contributed by atoms with Crippen LogP contribution in [-0.2, 0) is 4.79 Å². The van der Waals surface area contributed by atoms with Crippen LogP contribution in [0.15, 0.2) is 0 Å². The smallest absolute Gasteiger partial charge is 0.237 e. The Hall–Kier alpha value is -0.260. The fraction of sp³-hybridized carbons (Fsp3) is 0.933. The van der Waals surface area contributed by atoms with Crippen molar-refractivity contribution in [3.8, 4) is 0 Å². The van der Waals surface area contributed by atoms with Crippen molar-refractivity contribution in [2.75, 3.05) is 31.6 Å². The van der Waals surface area contributed by atoms with Crippen molar-refractivity contribution in [1.82, 2.24) is 15.5 Å². The lowest BCUT2D eigenvalue weighted by molar-refractivity contribution is -0.127. The Bertz CT molecular complexity index is 307. The van der Waals surface area contributed by atoms with Gasteiger partial charge in [-0.3, -0.25) is 9.69 Å². The van der Waals surface area contributed by atoms with E-state index in [9.17, 15) is 4.79 Å². The number of piperidine rings is 1. The van der Waals surface area contributed by atoms with Gasteiger partial charge < -0.3 is 10.6 Å². The summed E-state index contributed by atoms with van der Waals surface area (Å²) in [6, 6.07) is 1.05. The lowest BCUT2D eigenvalue weighted by Gasteiger charge is -2.35. The van der Waals surface area contributed by atoms with Gasteiger partial charge in [0.1, 0.15) is 0 Å². The third-order valence-corrected chi connectivity index (χ3v) is 5.32. The minimum atomic E-state index is 0.119. The van der Waals surface area contributed by atoms with Crippen LogP contribution in [0.25, 0.3) is 0 Å². The monoisotopic (exact) mass is 299 g/mol. The van der Waals surface area contributed by atoms with E-state index in [0.717, 1.165) is 38.2 Å². The first-order valence-electron chi connectivity index (χ1n) is 8.02. The van der Waals surface area contributed by atoms with Crippen LogP contribution in [0.1, 0.15) is 39.0 Å². The summed E-state index contributed by atoms with van der Waals surface area (Å²) in [7, 11) is 0. The first kappa shape index (κ1) is 16.1. The molecule has 2 unspecified atom stereocenters. The van der Waals surface area contributed by atoms with Gasteiger partial charge in [0.25, 0.3) is 0 Å². The maximum absolute atomic E-state index is 12.6. The number of carbonyl (C=O) groups is 1. The van der Waals surface area contributed by atoms with Crippen LogP contribution in [-0.4, -0.2) is 60.6 Å². The van der Waals surface area contributed by atoms with Gasteiger partial charge in [-0.05, 0) is 58.0 Å². The zero-order chi connectivity index (χ0) is 14.4. The Labute approximate surface area is 127 Å². The quantitative estimate of drug-likeness (QED) is 0.779.